The van der Waals surface area contributed by atoms with E-state index in [2.05, 4.69) is 11.9 Å². The smallest absolute Gasteiger partial charge is 0.744 e. The maximum atomic E-state index is 12.0. The van der Waals surface area contributed by atoms with Crippen LogP contribution in [0.15, 0.2) is 60.0 Å². The molecule has 0 saturated heterocycles. The third kappa shape index (κ3) is 4.79. The Morgan fingerprint density at radius 2 is 1.59 bits per heavy atom. The molecule has 0 aliphatic carbocycles. The van der Waals surface area contributed by atoms with Crippen LogP contribution < -0.4 is 34.9 Å². The second-order valence-corrected chi connectivity index (χ2v) is 5.64. The van der Waals surface area contributed by atoms with Crippen molar-refractivity contribution >= 4 is 27.8 Å². The molecule has 108 valence electrons. The van der Waals surface area contributed by atoms with Crippen molar-refractivity contribution in [2.75, 3.05) is 5.32 Å². The number of benzene rings is 2. The molecule has 0 spiro atoms. The number of hydrogen-bond donors (Lipinski definition) is 1. The summed E-state index contributed by atoms with van der Waals surface area (Å²) in [7, 11) is -4.48. The molecule has 2 rings (SSSR count). The van der Waals surface area contributed by atoms with Crippen molar-refractivity contribution < 1.29 is 47.3 Å². The van der Waals surface area contributed by atoms with Crippen molar-refractivity contribution in [3.8, 4) is 0 Å². The summed E-state index contributed by atoms with van der Waals surface area (Å²) >= 11 is 0. The third-order valence-electron chi connectivity index (χ3n) is 2.81. The van der Waals surface area contributed by atoms with Gasteiger partial charge in [-0.2, -0.15) is 0 Å². The van der Waals surface area contributed by atoms with E-state index in [1.165, 1.54) is 12.1 Å². The number of hydrogen-bond acceptors (Lipinski definition) is 4. The van der Waals surface area contributed by atoms with Crippen molar-refractivity contribution in [3.05, 3.63) is 66.2 Å². The quantitative estimate of drug-likeness (QED) is 0.606. The summed E-state index contributed by atoms with van der Waals surface area (Å²) in [5.41, 5.74) is 1.76. The summed E-state index contributed by atoms with van der Waals surface area (Å²) in [5.74, 6) is -0.330. The van der Waals surface area contributed by atoms with Crippen molar-refractivity contribution in [2.24, 2.45) is 0 Å². The zero-order chi connectivity index (χ0) is 15.5. The van der Waals surface area contributed by atoms with Gasteiger partial charge in [-0.3, -0.25) is 4.79 Å². The van der Waals surface area contributed by atoms with E-state index in [1.807, 2.05) is 0 Å². The van der Waals surface area contributed by atoms with Gasteiger partial charge in [-0.15, -0.1) is 0 Å². The van der Waals surface area contributed by atoms with Gasteiger partial charge in [-0.25, -0.2) is 8.42 Å². The van der Waals surface area contributed by atoms with Crippen LogP contribution in [0.4, 0.5) is 5.69 Å². The Balaban J connectivity index is 0.00000242. The molecule has 0 fully saturated rings. The Labute approximate surface area is 151 Å². The van der Waals surface area contributed by atoms with Crippen LogP contribution in [0.5, 0.6) is 0 Å². The van der Waals surface area contributed by atoms with Crippen LogP contribution in [0.2, 0.25) is 0 Å². The molecule has 0 bridgehead atoms. The molecule has 0 heterocycles. The molecule has 0 unspecified atom stereocenters. The molecule has 2 aromatic carbocycles. The summed E-state index contributed by atoms with van der Waals surface area (Å²) in [4.78, 5) is 11.6. The normalized spacial score (nSPS) is 10.4. The third-order valence-corrected chi connectivity index (χ3v) is 3.66. The Kier molecular flexibility index (Phi) is 6.52. The largest absolute Gasteiger partial charge is 1.00 e. The summed E-state index contributed by atoms with van der Waals surface area (Å²) in [6.45, 7) is 3.63. The predicted molar refractivity (Wildman–Crippen MR) is 78.9 cm³/mol. The van der Waals surface area contributed by atoms with Crippen LogP contribution in [0, 0.1) is 0 Å². The van der Waals surface area contributed by atoms with Gasteiger partial charge in [0.15, 0.2) is 0 Å². The van der Waals surface area contributed by atoms with Gasteiger partial charge < -0.3 is 9.87 Å². The van der Waals surface area contributed by atoms with Crippen LogP contribution in [0.25, 0.3) is 6.08 Å². The fourth-order valence-electron chi connectivity index (χ4n) is 1.68. The number of rotatable bonds is 4. The SMILES string of the molecule is C=Cc1ccc(C(=O)Nc2ccc(S(=O)(=O)[O-])cc2)cc1.[Na+]. The molecule has 0 aliphatic heterocycles. The Morgan fingerprint density at radius 3 is 2.05 bits per heavy atom. The maximum Gasteiger partial charge on any atom is 1.00 e. The summed E-state index contributed by atoms with van der Waals surface area (Å²) < 4.78 is 32.4. The Bertz CT molecular complexity index is 768. The average molecular weight is 325 g/mol. The fourth-order valence-corrected chi connectivity index (χ4v) is 2.15. The van der Waals surface area contributed by atoms with Crippen LogP contribution in [-0.2, 0) is 10.1 Å². The topological polar surface area (TPSA) is 86.3 Å². The molecule has 0 aliphatic rings. The molecular weight excluding hydrogens is 313 g/mol. The maximum absolute atomic E-state index is 12.0. The van der Waals surface area contributed by atoms with Crippen LogP contribution in [0.3, 0.4) is 0 Å². The first-order valence-electron chi connectivity index (χ1n) is 6.00. The molecule has 1 N–H and O–H groups in total. The Morgan fingerprint density at radius 1 is 1.05 bits per heavy atom. The molecule has 1 amide bonds. The zero-order valence-electron chi connectivity index (χ0n) is 11.9. The monoisotopic (exact) mass is 325 g/mol. The minimum absolute atomic E-state index is 0. The number of carbonyl (C=O) groups excluding carboxylic acids is 1. The van der Waals surface area contributed by atoms with E-state index in [4.69, 9.17) is 0 Å². The van der Waals surface area contributed by atoms with E-state index in [0.717, 1.165) is 17.7 Å². The van der Waals surface area contributed by atoms with Gasteiger partial charge in [0, 0.05) is 11.3 Å². The second-order valence-electron chi connectivity index (χ2n) is 4.26. The molecule has 0 radical (unpaired) electrons. The van der Waals surface area contributed by atoms with Crippen molar-refractivity contribution in [1.82, 2.24) is 0 Å². The molecule has 0 atom stereocenters. The molecule has 0 aromatic heterocycles. The van der Waals surface area contributed by atoms with Gasteiger partial charge in [0.2, 0.25) is 0 Å². The van der Waals surface area contributed by atoms with Crippen LogP contribution >= 0.6 is 0 Å². The number of amides is 1. The van der Waals surface area contributed by atoms with E-state index in [1.54, 1.807) is 30.3 Å². The summed E-state index contributed by atoms with van der Waals surface area (Å²) in [5, 5.41) is 2.61. The minimum atomic E-state index is -4.48. The summed E-state index contributed by atoms with van der Waals surface area (Å²) in [6.07, 6.45) is 1.67. The van der Waals surface area contributed by atoms with Crippen LogP contribution in [-0.4, -0.2) is 18.9 Å². The molecule has 0 saturated carbocycles. The number of anilines is 1. The number of nitrogens with one attached hydrogen (secondary N) is 1. The van der Waals surface area contributed by atoms with Gasteiger partial charge in [-0.1, -0.05) is 24.8 Å². The average Bonchev–Trinajstić information content (AvgIpc) is 2.47. The van der Waals surface area contributed by atoms with E-state index in [9.17, 15) is 17.8 Å². The van der Waals surface area contributed by atoms with Crippen molar-refractivity contribution in [1.29, 1.82) is 0 Å². The second kappa shape index (κ2) is 7.71. The van der Waals surface area contributed by atoms with Gasteiger partial charge in [0.1, 0.15) is 10.1 Å². The van der Waals surface area contributed by atoms with E-state index in [-0.39, 0.29) is 40.4 Å². The van der Waals surface area contributed by atoms with Gasteiger partial charge >= 0.3 is 29.6 Å². The van der Waals surface area contributed by atoms with Gasteiger partial charge in [0.25, 0.3) is 5.91 Å². The molecule has 2 aromatic rings. The first-order valence-corrected chi connectivity index (χ1v) is 7.41. The predicted octanol–water partition coefficient (Wildman–Crippen LogP) is -0.510. The molecular formula is C15H12NNaO4S. The first kappa shape index (κ1) is 18.6. The zero-order valence-corrected chi connectivity index (χ0v) is 14.8. The molecule has 5 nitrogen and oxygen atoms in total. The Hall–Kier alpha value is -1.44. The van der Waals surface area contributed by atoms with Crippen LogP contribution in [0.1, 0.15) is 15.9 Å². The van der Waals surface area contributed by atoms with Gasteiger partial charge in [0.05, 0.1) is 4.90 Å². The first-order chi connectivity index (χ1) is 9.90. The summed E-state index contributed by atoms with van der Waals surface area (Å²) in [6, 6.07) is 11.9. The fraction of sp³-hybridized carbons (Fsp3) is 0. The van der Waals surface area contributed by atoms with E-state index >= 15 is 0 Å². The molecule has 7 heteroatoms. The molecule has 22 heavy (non-hydrogen) atoms. The van der Waals surface area contributed by atoms with E-state index in [0.29, 0.717) is 11.3 Å². The minimum Gasteiger partial charge on any atom is -0.744 e. The van der Waals surface area contributed by atoms with E-state index < -0.39 is 10.1 Å². The standard InChI is InChI=1S/C15H13NO4S.Na/c1-2-11-3-5-12(6-4-11)15(17)16-13-7-9-14(10-8-13)21(18,19)20;/h2-10H,1H2,(H,16,17)(H,18,19,20);/q;+1/p-1. The number of carbonyl (C=O) groups is 1. The van der Waals surface area contributed by atoms with Crippen molar-refractivity contribution in [2.45, 2.75) is 4.90 Å². The van der Waals surface area contributed by atoms with Crippen molar-refractivity contribution in [3.63, 3.8) is 0 Å². The van der Waals surface area contributed by atoms with Gasteiger partial charge in [-0.05, 0) is 42.0 Å².